The Labute approximate surface area is 137 Å². The molecule has 0 aliphatic heterocycles. The Morgan fingerprint density at radius 2 is 2.04 bits per heavy atom. The first-order chi connectivity index (χ1) is 11.2. The minimum Gasteiger partial charge on any atom is -0.388 e. The van der Waals surface area contributed by atoms with Gasteiger partial charge < -0.3 is 16.2 Å². The summed E-state index contributed by atoms with van der Waals surface area (Å²) >= 11 is 0. The number of carbonyl (C=O) groups is 2. The number of aliphatic hydroxyl groups is 1. The van der Waals surface area contributed by atoms with Crippen LogP contribution >= 0.6 is 0 Å². The minimum absolute atomic E-state index is 0.0691. The van der Waals surface area contributed by atoms with Crippen molar-refractivity contribution in [2.24, 2.45) is 5.73 Å². The highest BCUT2D eigenvalue weighted by Gasteiger charge is 2.38. The summed E-state index contributed by atoms with van der Waals surface area (Å²) in [7, 11) is 0. The maximum absolute atomic E-state index is 12.0. The molecule has 0 bridgehead atoms. The molecule has 0 aromatic heterocycles. The summed E-state index contributed by atoms with van der Waals surface area (Å²) in [5, 5.41) is 11.7. The van der Waals surface area contributed by atoms with Gasteiger partial charge in [0.1, 0.15) is 0 Å². The van der Waals surface area contributed by atoms with Gasteiger partial charge in [-0.2, -0.15) is 13.2 Å². The second-order valence-corrected chi connectivity index (χ2v) is 4.95. The predicted molar refractivity (Wildman–Crippen MR) is 80.4 cm³/mol. The lowest BCUT2D eigenvalue weighted by molar-refractivity contribution is -0.173. The van der Waals surface area contributed by atoms with Crippen molar-refractivity contribution in [2.75, 3.05) is 6.54 Å². The Balaban J connectivity index is 2.56. The first-order valence-electron chi connectivity index (χ1n) is 7.10. The molecule has 1 atom stereocenters. The summed E-state index contributed by atoms with van der Waals surface area (Å²) in [6, 6.07) is 6.53. The van der Waals surface area contributed by atoms with Crippen LogP contribution in [-0.4, -0.2) is 29.6 Å². The summed E-state index contributed by atoms with van der Waals surface area (Å²) in [6.07, 6.45) is -5.59. The van der Waals surface area contributed by atoms with E-state index < -0.39 is 24.1 Å². The Morgan fingerprint density at radius 3 is 2.67 bits per heavy atom. The number of nitrogens with one attached hydrogen (secondary N) is 1. The molecule has 0 spiro atoms. The quantitative estimate of drug-likeness (QED) is 0.683. The van der Waals surface area contributed by atoms with Crippen molar-refractivity contribution >= 4 is 11.8 Å². The van der Waals surface area contributed by atoms with E-state index in [4.69, 9.17) is 5.73 Å². The molecule has 5 nitrogen and oxygen atoms in total. The van der Waals surface area contributed by atoms with E-state index >= 15 is 0 Å². The van der Waals surface area contributed by atoms with Crippen LogP contribution in [0.15, 0.2) is 24.3 Å². The average Bonchev–Trinajstić information content (AvgIpc) is 2.50. The van der Waals surface area contributed by atoms with Crippen molar-refractivity contribution < 1.29 is 27.9 Å². The van der Waals surface area contributed by atoms with Crippen LogP contribution in [0.2, 0.25) is 0 Å². The third kappa shape index (κ3) is 7.15. The molecule has 1 unspecified atom stereocenters. The molecular formula is C16H17F3N2O3. The normalized spacial score (nSPS) is 12.0. The molecule has 0 saturated carbocycles. The molecule has 1 aromatic carbocycles. The Hall–Kier alpha value is -2.53. The second-order valence-electron chi connectivity index (χ2n) is 4.95. The number of amides is 2. The molecule has 8 heteroatoms. The fraction of sp³-hybridized carbons (Fsp3) is 0.375. The molecule has 1 rings (SSSR count). The van der Waals surface area contributed by atoms with Crippen molar-refractivity contribution in [2.45, 2.75) is 31.5 Å². The molecule has 4 N–H and O–H groups in total. The van der Waals surface area contributed by atoms with Crippen LogP contribution in [0.1, 0.15) is 36.5 Å². The van der Waals surface area contributed by atoms with Gasteiger partial charge in [-0.05, 0) is 24.1 Å². The van der Waals surface area contributed by atoms with Crippen molar-refractivity contribution in [3.05, 3.63) is 35.4 Å². The van der Waals surface area contributed by atoms with Crippen molar-refractivity contribution in [1.29, 1.82) is 0 Å². The lowest BCUT2D eigenvalue weighted by Crippen LogP contribution is -2.37. The highest BCUT2D eigenvalue weighted by molar-refractivity contribution is 5.81. The largest absolute Gasteiger partial charge is 0.471 e. The first kappa shape index (κ1) is 19.5. The highest BCUT2D eigenvalue weighted by atomic mass is 19.4. The fourth-order valence-corrected chi connectivity index (χ4v) is 1.76. The molecule has 1 aromatic rings. The van der Waals surface area contributed by atoms with E-state index in [0.29, 0.717) is 17.5 Å². The van der Waals surface area contributed by atoms with Crippen LogP contribution in [-0.2, 0) is 9.59 Å². The Kier molecular flexibility index (Phi) is 7.27. The molecule has 0 heterocycles. The van der Waals surface area contributed by atoms with Crippen LogP contribution in [0.5, 0.6) is 0 Å². The van der Waals surface area contributed by atoms with Crippen LogP contribution in [0.4, 0.5) is 13.2 Å². The summed E-state index contributed by atoms with van der Waals surface area (Å²) in [5.74, 6) is 3.07. The Morgan fingerprint density at radius 1 is 1.33 bits per heavy atom. The van der Waals surface area contributed by atoms with E-state index in [1.54, 1.807) is 29.6 Å². The van der Waals surface area contributed by atoms with Crippen LogP contribution in [0.3, 0.4) is 0 Å². The van der Waals surface area contributed by atoms with Gasteiger partial charge in [0.2, 0.25) is 5.91 Å². The third-order valence-corrected chi connectivity index (χ3v) is 2.96. The molecule has 0 saturated heterocycles. The number of hydrogen-bond donors (Lipinski definition) is 3. The topological polar surface area (TPSA) is 92.4 Å². The number of halogens is 3. The SMILES string of the molecule is NC(=O)CCC#Cc1cccc(C(O)CCNC(=O)C(F)(F)F)c1. The minimum atomic E-state index is -4.94. The van der Waals surface area contributed by atoms with Gasteiger partial charge in [0.25, 0.3) is 0 Å². The summed E-state index contributed by atoms with van der Waals surface area (Å²) in [6.45, 7) is -0.311. The number of benzene rings is 1. The number of hydrogen-bond acceptors (Lipinski definition) is 3. The van der Waals surface area contributed by atoms with Gasteiger partial charge in [-0.1, -0.05) is 24.0 Å². The van der Waals surface area contributed by atoms with E-state index in [0.717, 1.165) is 0 Å². The monoisotopic (exact) mass is 342 g/mol. The van der Waals surface area contributed by atoms with Gasteiger partial charge in [0, 0.05) is 24.9 Å². The van der Waals surface area contributed by atoms with Crippen molar-refractivity contribution in [3.63, 3.8) is 0 Å². The zero-order chi connectivity index (χ0) is 18.2. The number of aliphatic hydroxyl groups excluding tert-OH is 1. The third-order valence-electron chi connectivity index (χ3n) is 2.96. The maximum atomic E-state index is 12.0. The van der Waals surface area contributed by atoms with E-state index in [1.807, 2.05) is 0 Å². The lowest BCUT2D eigenvalue weighted by atomic mass is 10.0. The zero-order valence-corrected chi connectivity index (χ0v) is 12.7. The van der Waals surface area contributed by atoms with Crippen LogP contribution in [0, 0.1) is 11.8 Å². The molecule has 0 radical (unpaired) electrons. The number of nitrogens with two attached hydrogens (primary N) is 1. The molecule has 2 amide bonds. The standard InChI is InChI=1S/C16H17F3N2O3/c17-16(18,19)15(24)21-9-8-13(22)12-6-3-5-11(10-12)4-1-2-7-14(20)23/h3,5-6,10,13,22H,2,7-9H2,(H2,20,23)(H,21,24). The van der Waals surface area contributed by atoms with Gasteiger partial charge in [-0.3, -0.25) is 9.59 Å². The maximum Gasteiger partial charge on any atom is 0.471 e. The van der Waals surface area contributed by atoms with E-state index in [9.17, 15) is 27.9 Å². The number of primary amides is 1. The lowest BCUT2D eigenvalue weighted by Gasteiger charge is -2.13. The van der Waals surface area contributed by atoms with Gasteiger partial charge in [0.05, 0.1) is 6.10 Å². The van der Waals surface area contributed by atoms with Gasteiger partial charge >= 0.3 is 12.1 Å². The number of alkyl halides is 3. The zero-order valence-electron chi connectivity index (χ0n) is 12.7. The van der Waals surface area contributed by atoms with E-state index in [2.05, 4.69) is 11.8 Å². The van der Waals surface area contributed by atoms with Crippen LogP contribution < -0.4 is 11.1 Å². The van der Waals surface area contributed by atoms with E-state index in [-0.39, 0.29) is 19.4 Å². The Bertz CT molecular complexity index is 648. The van der Waals surface area contributed by atoms with Crippen LogP contribution in [0.25, 0.3) is 0 Å². The number of carbonyl (C=O) groups excluding carboxylic acids is 2. The highest BCUT2D eigenvalue weighted by Crippen LogP contribution is 2.18. The van der Waals surface area contributed by atoms with Crippen molar-refractivity contribution in [1.82, 2.24) is 5.32 Å². The fourth-order valence-electron chi connectivity index (χ4n) is 1.76. The summed E-state index contributed by atoms with van der Waals surface area (Å²) < 4.78 is 36.1. The molecule has 24 heavy (non-hydrogen) atoms. The van der Waals surface area contributed by atoms with Crippen molar-refractivity contribution in [3.8, 4) is 11.8 Å². The smallest absolute Gasteiger partial charge is 0.388 e. The molecule has 0 fully saturated rings. The molecule has 130 valence electrons. The molecule has 0 aliphatic carbocycles. The van der Waals surface area contributed by atoms with Gasteiger partial charge in [-0.25, -0.2) is 0 Å². The van der Waals surface area contributed by atoms with E-state index in [1.165, 1.54) is 0 Å². The molecular weight excluding hydrogens is 325 g/mol. The second kappa shape index (κ2) is 8.93. The summed E-state index contributed by atoms with van der Waals surface area (Å²) in [5.41, 5.74) is 6.05. The predicted octanol–water partition coefficient (Wildman–Crippen LogP) is 1.41. The summed E-state index contributed by atoms with van der Waals surface area (Å²) in [4.78, 5) is 21.2. The van der Waals surface area contributed by atoms with Gasteiger partial charge in [0.15, 0.2) is 0 Å². The average molecular weight is 342 g/mol. The first-order valence-corrected chi connectivity index (χ1v) is 7.10. The van der Waals surface area contributed by atoms with Gasteiger partial charge in [-0.15, -0.1) is 0 Å². The number of rotatable bonds is 6. The molecule has 0 aliphatic rings.